The maximum atomic E-state index is 11.7. The van der Waals surface area contributed by atoms with E-state index in [1.165, 1.54) is 44.9 Å². The molecule has 4 fully saturated rings. The lowest BCUT2D eigenvalue weighted by Gasteiger charge is -2.65. The summed E-state index contributed by atoms with van der Waals surface area (Å²) in [4.78, 5) is 0. The Bertz CT molecular complexity index is 663. The van der Waals surface area contributed by atoms with Crippen molar-refractivity contribution in [3.8, 4) is 0 Å². The van der Waals surface area contributed by atoms with Crippen LogP contribution < -0.4 is 0 Å². The van der Waals surface area contributed by atoms with Gasteiger partial charge in [-0.05, 0) is 98.2 Å². The number of fused-ring (bicyclic) bond motifs is 5. The first-order valence-corrected chi connectivity index (χ1v) is 14.1. The molecule has 0 heterocycles. The van der Waals surface area contributed by atoms with Gasteiger partial charge in [0.25, 0.3) is 0 Å². The second-order valence-electron chi connectivity index (χ2n) is 13.6. The van der Waals surface area contributed by atoms with Crippen LogP contribution in [0.25, 0.3) is 0 Å². The summed E-state index contributed by atoms with van der Waals surface area (Å²) in [5.74, 6) is 4.92. The molecular weight excluding hydrogens is 396 g/mol. The first-order valence-electron chi connectivity index (χ1n) is 14.1. The third kappa shape index (κ3) is 3.72. The van der Waals surface area contributed by atoms with Crippen molar-refractivity contribution in [2.24, 2.45) is 52.3 Å². The monoisotopic (exact) mass is 448 g/mol. The lowest BCUT2D eigenvalue weighted by molar-refractivity contribution is -0.264. The van der Waals surface area contributed by atoms with E-state index in [4.69, 9.17) is 0 Å². The minimum absolute atomic E-state index is 0.259. The predicted molar refractivity (Wildman–Crippen MR) is 131 cm³/mol. The molecule has 4 saturated carbocycles. The maximum absolute atomic E-state index is 11.7. The Morgan fingerprint density at radius 3 is 2.28 bits per heavy atom. The van der Waals surface area contributed by atoms with Gasteiger partial charge in [-0.15, -0.1) is 0 Å². The second kappa shape index (κ2) is 8.83. The summed E-state index contributed by atoms with van der Waals surface area (Å²) in [6.07, 6.45) is 10.7. The fourth-order valence-corrected chi connectivity index (χ4v) is 9.92. The van der Waals surface area contributed by atoms with E-state index in [1.54, 1.807) is 0 Å². The zero-order valence-electron chi connectivity index (χ0n) is 21.8. The van der Waals surface area contributed by atoms with Crippen LogP contribution >= 0.6 is 0 Å². The van der Waals surface area contributed by atoms with E-state index < -0.39 is 17.8 Å². The Labute approximate surface area is 197 Å². The molecule has 4 aliphatic rings. The lowest BCUT2D eigenvalue weighted by Crippen LogP contribution is -2.68. The SMILES string of the molecule is CC[C@H](CC[C@@H](C)[C@H]1CCC2C3C[C@@H](O)[C@@]4(O)C[C@@H](O)CC[C@]4(C)C3CC[C@@]21C)C(C)C. The third-order valence-corrected chi connectivity index (χ3v) is 12.1. The number of rotatable bonds is 6. The third-order valence-electron chi connectivity index (χ3n) is 12.1. The maximum Gasteiger partial charge on any atom is 0.0985 e. The molecule has 0 bridgehead atoms. The van der Waals surface area contributed by atoms with Gasteiger partial charge in [-0.2, -0.15) is 0 Å². The normalized spacial score (nSPS) is 50.4. The highest BCUT2D eigenvalue weighted by Gasteiger charge is 2.67. The molecule has 0 aliphatic heterocycles. The second-order valence-corrected chi connectivity index (χ2v) is 13.6. The average Bonchev–Trinajstić information content (AvgIpc) is 3.08. The summed E-state index contributed by atoms with van der Waals surface area (Å²) in [6, 6.07) is 0. The van der Waals surface area contributed by atoms with Gasteiger partial charge in [-0.3, -0.25) is 0 Å². The van der Waals surface area contributed by atoms with Gasteiger partial charge in [-0.1, -0.05) is 54.4 Å². The Morgan fingerprint density at radius 1 is 0.906 bits per heavy atom. The van der Waals surface area contributed by atoms with Crippen molar-refractivity contribution < 1.29 is 15.3 Å². The number of aliphatic hydroxyl groups is 3. The van der Waals surface area contributed by atoms with Crippen molar-refractivity contribution in [3.05, 3.63) is 0 Å². The number of hydrogen-bond donors (Lipinski definition) is 3. The summed E-state index contributed by atoms with van der Waals surface area (Å²) >= 11 is 0. The molecule has 3 heteroatoms. The van der Waals surface area contributed by atoms with Gasteiger partial charge in [0.15, 0.2) is 0 Å². The Kier molecular flexibility index (Phi) is 6.89. The van der Waals surface area contributed by atoms with E-state index in [0.717, 1.165) is 42.9 Å². The topological polar surface area (TPSA) is 60.7 Å². The Hall–Kier alpha value is -0.120. The van der Waals surface area contributed by atoms with Gasteiger partial charge >= 0.3 is 0 Å². The molecule has 0 spiro atoms. The fourth-order valence-electron chi connectivity index (χ4n) is 9.92. The number of aliphatic hydroxyl groups excluding tert-OH is 2. The van der Waals surface area contributed by atoms with Crippen LogP contribution in [-0.4, -0.2) is 33.1 Å². The summed E-state index contributed by atoms with van der Waals surface area (Å²) < 4.78 is 0. The molecule has 0 amide bonds. The Morgan fingerprint density at radius 2 is 1.62 bits per heavy atom. The molecule has 0 aromatic heterocycles. The molecule has 3 N–H and O–H groups in total. The van der Waals surface area contributed by atoms with Crippen LogP contribution in [0, 0.1) is 52.3 Å². The summed E-state index contributed by atoms with van der Waals surface area (Å²) in [5.41, 5.74) is -0.984. The highest BCUT2D eigenvalue weighted by molar-refractivity contribution is 5.17. The van der Waals surface area contributed by atoms with Crippen molar-refractivity contribution >= 4 is 0 Å². The molecule has 4 rings (SSSR count). The quantitative estimate of drug-likeness (QED) is 0.454. The van der Waals surface area contributed by atoms with Crippen LogP contribution in [0.1, 0.15) is 112 Å². The molecule has 186 valence electrons. The summed E-state index contributed by atoms with van der Waals surface area (Å²) in [6.45, 7) is 14.5. The molecule has 4 aliphatic carbocycles. The molecule has 0 aromatic rings. The molecule has 0 radical (unpaired) electrons. The van der Waals surface area contributed by atoms with Crippen LogP contribution in [0.3, 0.4) is 0 Å². The standard InChI is InChI=1S/C29H52O3/c1-7-20(18(2)3)9-8-19(4)23-10-11-24-22-16-26(31)29(32)17-21(30)12-15-28(29,6)25(22)13-14-27(23,24)5/h18-26,30-32H,7-17H2,1-6H3/t19-,20-,21+,22?,23-,24?,25?,26-,27-,28-,29+/m1/s1. The lowest BCUT2D eigenvalue weighted by atomic mass is 9.42. The highest BCUT2D eigenvalue weighted by atomic mass is 16.3. The molecular formula is C29H52O3. The van der Waals surface area contributed by atoms with E-state index in [2.05, 4.69) is 41.5 Å². The largest absolute Gasteiger partial charge is 0.393 e. The molecule has 11 atom stereocenters. The summed E-state index contributed by atoms with van der Waals surface area (Å²) in [7, 11) is 0. The van der Waals surface area contributed by atoms with Crippen LogP contribution in [-0.2, 0) is 0 Å². The van der Waals surface area contributed by atoms with E-state index in [1.807, 2.05) is 0 Å². The van der Waals surface area contributed by atoms with Gasteiger partial charge in [0.1, 0.15) is 0 Å². The smallest absolute Gasteiger partial charge is 0.0985 e. The molecule has 32 heavy (non-hydrogen) atoms. The zero-order valence-corrected chi connectivity index (χ0v) is 21.8. The average molecular weight is 449 g/mol. The van der Waals surface area contributed by atoms with Crippen molar-refractivity contribution in [2.75, 3.05) is 0 Å². The van der Waals surface area contributed by atoms with Crippen molar-refractivity contribution in [3.63, 3.8) is 0 Å². The number of hydrogen-bond acceptors (Lipinski definition) is 3. The highest BCUT2D eigenvalue weighted by Crippen LogP contribution is 2.69. The zero-order chi connectivity index (χ0) is 23.5. The van der Waals surface area contributed by atoms with E-state index in [-0.39, 0.29) is 5.41 Å². The van der Waals surface area contributed by atoms with Crippen LogP contribution in [0.2, 0.25) is 0 Å². The van der Waals surface area contributed by atoms with Gasteiger partial charge in [0.05, 0.1) is 17.8 Å². The molecule has 0 aromatic carbocycles. The van der Waals surface area contributed by atoms with Gasteiger partial charge in [0, 0.05) is 11.8 Å². The van der Waals surface area contributed by atoms with Gasteiger partial charge in [0.2, 0.25) is 0 Å². The van der Waals surface area contributed by atoms with Crippen LogP contribution in [0.15, 0.2) is 0 Å². The van der Waals surface area contributed by atoms with Gasteiger partial charge in [-0.25, -0.2) is 0 Å². The van der Waals surface area contributed by atoms with E-state index in [9.17, 15) is 15.3 Å². The summed E-state index contributed by atoms with van der Waals surface area (Å²) in [5, 5.41) is 33.2. The molecule has 0 saturated heterocycles. The first-order chi connectivity index (χ1) is 15.0. The van der Waals surface area contributed by atoms with Crippen molar-refractivity contribution in [1.82, 2.24) is 0 Å². The predicted octanol–water partition coefficient (Wildman–Crippen LogP) is 6.19. The van der Waals surface area contributed by atoms with Gasteiger partial charge < -0.3 is 15.3 Å². The van der Waals surface area contributed by atoms with E-state index in [0.29, 0.717) is 29.6 Å². The van der Waals surface area contributed by atoms with Crippen LogP contribution in [0.5, 0.6) is 0 Å². The Balaban J connectivity index is 1.51. The minimum atomic E-state index is -1.11. The van der Waals surface area contributed by atoms with Crippen molar-refractivity contribution in [2.45, 2.75) is 130 Å². The first kappa shape index (κ1) is 25.0. The van der Waals surface area contributed by atoms with E-state index >= 15 is 0 Å². The minimum Gasteiger partial charge on any atom is -0.393 e. The molecule has 3 unspecified atom stereocenters. The fraction of sp³-hybridized carbons (Fsp3) is 1.00. The van der Waals surface area contributed by atoms with Crippen LogP contribution in [0.4, 0.5) is 0 Å². The molecule has 3 nitrogen and oxygen atoms in total. The van der Waals surface area contributed by atoms with Crippen molar-refractivity contribution in [1.29, 1.82) is 0 Å².